The van der Waals surface area contributed by atoms with Gasteiger partial charge in [0.15, 0.2) is 0 Å². The van der Waals surface area contributed by atoms with E-state index in [0.717, 1.165) is 28.1 Å². The second-order valence-electron chi connectivity index (χ2n) is 6.26. The lowest BCUT2D eigenvalue weighted by atomic mass is 10.1. The summed E-state index contributed by atoms with van der Waals surface area (Å²) >= 11 is 0. The number of allylic oxidation sites excluding steroid dienone is 1. The van der Waals surface area contributed by atoms with E-state index >= 15 is 0 Å². The molecule has 0 unspecified atom stereocenters. The van der Waals surface area contributed by atoms with Crippen LogP contribution >= 0.6 is 12.4 Å². The quantitative estimate of drug-likeness (QED) is 0.387. The maximum atomic E-state index is 13.2. The number of rotatable bonds is 4. The number of fused-ring (bicyclic) bond motifs is 3. The van der Waals surface area contributed by atoms with Crippen molar-refractivity contribution in [3.05, 3.63) is 83.7 Å². The van der Waals surface area contributed by atoms with E-state index in [9.17, 15) is 4.79 Å². The van der Waals surface area contributed by atoms with Crippen molar-refractivity contribution in [1.29, 1.82) is 0 Å². The molecule has 0 spiro atoms. The number of halogens is 1. The molecule has 0 N–H and O–H groups in total. The Labute approximate surface area is 158 Å². The second kappa shape index (κ2) is 6.81. The third-order valence-electron chi connectivity index (χ3n) is 4.53. The van der Waals surface area contributed by atoms with Gasteiger partial charge >= 0.3 is 0 Å². The average Bonchev–Trinajstić information content (AvgIpc) is 3.10. The van der Waals surface area contributed by atoms with Crippen molar-refractivity contribution in [2.24, 2.45) is 0 Å². The van der Waals surface area contributed by atoms with Crippen LogP contribution in [0.2, 0.25) is 0 Å². The fourth-order valence-electron chi connectivity index (χ4n) is 3.33. The Morgan fingerprint density at radius 1 is 1.08 bits per heavy atom. The van der Waals surface area contributed by atoms with Gasteiger partial charge in [0.1, 0.15) is 5.69 Å². The number of nitrogens with zero attached hydrogens (tertiary/aromatic N) is 3. The number of para-hydroxylation sites is 2. The highest BCUT2D eigenvalue weighted by atomic mass is 35.5. The van der Waals surface area contributed by atoms with Crippen LogP contribution in [-0.2, 0) is 6.54 Å². The second-order valence-corrected chi connectivity index (χ2v) is 6.26. The predicted molar refractivity (Wildman–Crippen MR) is 107 cm³/mol. The van der Waals surface area contributed by atoms with Crippen LogP contribution in [0.15, 0.2) is 61.2 Å². The molecule has 0 aliphatic rings. The van der Waals surface area contributed by atoms with Crippen LogP contribution in [0.4, 0.5) is 0 Å². The molecule has 0 amide bonds. The van der Waals surface area contributed by atoms with Gasteiger partial charge in [-0.1, -0.05) is 48.0 Å². The zero-order valence-corrected chi connectivity index (χ0v) is 15.6. The van der Waals surface area contributed by atoms with E-state index in [4.69, 9.17) is 4.98 Å². The molecule has 0 atom stereocenters. The van der Waals surface area contributed by atoms with Gasteiger partial charge in [0.25, 0.3) is 0 Å². The van der Waals surface area contributed by atoms with Crippen molar-refractivity contribution in [1.82, 2.24) is 14.0 Å². The number of ketones is 1. The van der Waals surface area contributed by atoms with E-state index < -0.39 is 0 Å². The maximum absolute atomic E-state index is 13.2. The zero-order valence-electron chi connectivity index (χ0n) is 14.8. The molecule has 0 radical (unpaired) electrons. The Hall–Kier alpha value is -2.85. The molecule has 0 saturated heterocycles. The number of imidazole rings is 2. The molecule has 4 rings (SSSR count). The summed E-state index contributed by atoms with van der Waals surface area (Å²) < 4.78 is 4.05. The Balaban J connectivity index is 0.00000196. The lowest BCUT2D eigenvalue weighted by molar-refractivity contribution is 0.103. The summed E-state index contributed by atoms with van der Waals surface area (Å²) in [6.07, 6.45) is 1.85. The minimum Gasteiger partial charge on any atom is -0.306 e. The standard InChI is InChI=1S/C21H19N3O.ClH/c1-4-13-23-17-7-5-6-8-18(17)24-19(15(3)22-21(23)24)20(25)16-11-9-14(2)10-12-16;/h4-12H,1,13H2,2-3H3;1H. The monoisotopic (exact) mass is 365 g/mol. The molecule has 26 heavy (non-hydrogen) atoms. The lowest BCUT2D eigenvalue weighted by Gasteiger charge is -2.03. The van der Waals surface area contributed by atoms with Gasteiger partial charge in [0, 0.05) is 12.1 Å². The van der Waals surface area contributed by atoms with Gasteiger partial charge in [-0.15, -0.1) is 19.0 Å². The first-order valence-corrected chi connectivity index (χ1v) is 8.30. The molecular formula is C21H20ClN3O. The van der Waals surface area contributed by atoms with Gasteiger partial charge in [-0.05, 0) is 26.0 Å². The van der Waals surface area contributed by atoms with Crippen LogP contribution < -0.4 is 0 Å². The number of carbonyl (C=O) groups excluding carboxylic acids is 1. The third-order valence-corrected chi connectivity index (χ3v) is 4.53. The summed E-state index contributed by atoms with van der Waals surface area (Å²) in [6.45, 7) is 8.39. The van der Waals surface area contributed by atoms with Crippen LogP contribution in [0, 0.1) is 13.8 Å². The van der Waals surface area contributed by atoms with Gasteiger partial charge in [0.05, 0.1) is 16.7 Å². The molecule has 2 aromatic heterocycles. The van der Waals surface area contributed by atoms with Crippen LogP contribution in [0.25, 0.3) is 16.8 Å². The molecule has 0 aliphatic carbocycles. The third kappa shape index (κ3) is 2.63. The van der Waals surface area contributed by atoms with Gasteiger partial charge < -0.3 is 4.57 Å². The SMILES string of the molecule is C=CCn1c2ccccc2n2c(C(=O)c3ccc(C)cc3)c(C)nc12.Cl. The van der Waals surface area contributed by atoms with Crippen molar-refractivity contribution in [3.8, 4) is 0 Å². The minimum absolute atomic E-state index is 0. The van der Waals surface area contributed by atoms with Crippen LogP contribution in [0.1, 0.15) is 27.3 Å². The topological polar surface area (TPSA) is 39.3 Å². The number of carbonyl (C=O) groups is 1. The Kier molecular flexibility index (Phi) is 4.70. The molecule has 0 aliphatic heterocycles. The number of aromatic nitrogens is 3. The Bertz CT molecular complexity index is 1120. The average molecular weight is 366 g/mol. The highest BCUT2D eigenvalue weighted by Crippen LogP contribution is 2.26. The number of aryl methyl sites for hydroxylation is 2. The molecule has 0 fully saturated rings. The summed E-state index contributed by atoms with van der Waals surface area (Å²) in [6, 6.07) is 15.7. The number of hydrogen-bond acceptors (Lipinski definition) is 2. The highest BCUT2D eigenvalue weighted by Gasteiger charge is 2.23. The molecule has 2 aromatic carbocycles. The summed E-state index contributed by atoms with van der Waals surface area (Å²) in [5.41, 5.74) is 5.20. The van der Waals surface area contributed by atoms with E-state index in [1.165, 1.54) is 0 Å². The van der Waals surface area contributed by atoms with Gasteiger partial charge in [-0.3, -0.25) is 9.20 Å². The molecular weight excluding hydrogens is 346 g/mol. The molecule has 5 heteroatoms. The normalized spacial score (nSPS) is 10.8. The van der Waals surface area contributed by atoms with E-state index in [1.54, 1.807) is 0 Å². The van der Waals surface area contributed by atoms with E-state index in [0.29, 0.717) is 17.8 Å². The maximum Gasteiger partial charge on any atom is 0.216 e. The fraction of sp³-hybridized carbons (Fsp3) is 0.143. The van der Waals surface area contributed by atoms with E-state index in [2.05, 4.69) is 11.1 Å². The number of benzene rings is 2. The first-order valence-electron chi connectivity index (χ1n) is 8.30. The first-order chi connectivity index (χ1) is 12.1. The van der Waals surface area contributed by atoms with Gasteiger partial charge in [-0.2, -0.15) is 0 Å². The van der Waals surface area contributed by atoms with Crippen molar-refractivity contribution >= 4 is 35.0 Å². The predicted octanol–water partition coefficient (Wildman–Crippen LogP) is 4.74. The zero-order chi connectivity index (χ0) is 17.6. The molecule has 4 aromatic rings. The molecule has 4 nitrogen and oxygen atoms in total. The Morgan fingerprint density at radius 2 is 1.73 bits per heavy atom. The highest BCUT2D eigenvalue weighted by molar-refractivity contribution is 6.10. The van der Waals surface area contributed by atoms with Crippen LogP contribution in [-0.4, -0.2) is 19.7 Å². The smallest absolute Gasteiger partial charge is 0.216 e. The molecule has 0 bridgehead atoms. The van der Waals surface area contributed by atoms with E-state index in [-0.39, 0.29) is 18.2 Å². The molecule has 0 saturated carbocycles. The van der Waals surface area contributed by atoms with Crippen molar-refractivity contribution in [3.63, 3.8) is 0 Å². The van der Waals surface area contributed by atoms with Crippen molar-refractivity contribution in [2.75, 3.05) is 0 Å². The largest absolute Gasteiger partial charge is 0.306 e. The van der Waals surface area contributed by atoms with Gasteiger partial charge in [0.2, 0.25) is 11.6 Å². The van der Waals surface area contributed by atoms with Crippen molar-refractivity contribution in [2.45, 2.75) is 20.4 Å². The summed E-state index contributed by atoms with van der Waals surface area (Å²) in [4.78, 5) is 17.9. The molecule has 132 valence electrons. The van der Waals surface area contributed by atoms with Crippen LogP contribution in [0.3, 0.4) is 0 Å². The molecule has 2 heterocycles. The fourth-order valence-corrected chi connectivity index (χ4v) is 3.33. The van der Waals surface area contributed by atoms with Gasteiger partial charge in [-0.25, -0.2) is 4.98 Å². The summed E-state index contributed by atoms with van der Waals surface area (Å²) in [5.74, 6) is 0.764. The van der Waals surface area contributed by atoms with Crippen molar-refractivity contribution < 1.29 is 4.79 Å². The van der Waals surface area contributed by atoms with E-state index in [1.807, 2.05) is 72.9 Å². The first kappa shape index (κ1) is 18.0. The summed E-state index contributed by atoms with van der Waals surface area (Å²) in [7, 11) is 0. The lowest BCUT2D eigenvalue weighted by Crippen LogP contribution is -2.06. The Morgan fingerprint density at radius 3 is 2.38 bits per heavy atom. The van der Waals surface area contributed by atoms with Crippen LogP contribution in [0.5, 0.6) is 0 Å². The number of hydrogen-bond donors (Lipinski definition) is 0. The minimum atomic E-state index is -0.00786. The summed E-state index contributed by atoms with van der Waals surface area (Å²) in [5, 5.41) is 0.